The van der Waals surface area contributed by atoms with Crippen molar-refractivity contribution in [1.29, 1.82) is 0 Å². The van der Waals surface area contributed by atoms with Crippen LogP contribution in [0.3, 0.4) is 0 Å². The van der Waals surface area contributed by atoms with E-state index in [9.17, 15) is 14.7 Å². The second kappa shape index (κ2) is 9.36. The van der Waals surface area contributed by atoms with E-state index in [0.29, 0.717) is 44.9 Å². The number of hydrogen-bond acceptors (Lipinski definition) is 3. The van der Waals surface area contributed by atoms with Crippen LogP contribution >= 0.6 is 12.4 Å². The smallest absolute Gasteiger partial charge is 0.320 e. The lowest BCUT2D eigenvalue weighted by Crippen LogP contribution is -2.54. The highest BCUT2D eigenvalue weighted by Crippen LogP contribution is 2.27. The van der Waals surface area contributed by atoms with Crippen molar-refractivity contribution < 1.29 is 14.7 Å². The van der Waals surface area contributed by atoms with Crippen molar-refractivity contribution in [3.05, 3.63) is 0 Å². The average Bonchev–Trinajstić information content (AvgIpc) is 2.49. The van der Waals surface area contributed by atoms with Crippen LogP contribution in [0.15, 0.2) is 0 Å². The Kier molecular flexibility index (Phi) is 8.18. The number of carboxylic acids is 1. The molecular weight excluding hydrogens is 304 g/mol. The number of halogens is 1. The summed E-state index contributed by atoms with van der Waals surface area (Å²) in [5, 5.41) is 9.19. The quantitative estimate of drug-likeness (QED) is 0.839. The predicted octanol–water partition coefficient (Wildman–Crippen LogP) is 2.39. The molecule has 1 unspecified atom stereocenters. The molecule has 0 aromatic carbocycles. The third-order valence-electron chi connectivity index (χ3n) is 4.97. The summed E-state index contributed by atoms with van der Waals surface area (Å²) in [5.74, 6) is 0.0936. The van der Waals surface area contributed by atoms with Crippen molar-refractivity contribution in [2.24, 2.45) is 5.92 Å². The molecule has 2 aliphatic rings. The molecule has 2 fully saturated rings. The molecule has 0 aromatic heterocycles. The summed E-state index contributed by atoms with van der Waals surface area (Å²) in [6.07, 6.45) is 7.55. The van der Waals surface area contributed by atoms with Gasteiger partial charge in [-0.15, -0.1) is 12.4 Å². The number of amides is 1. The molecule has 0 spiro atoms. The lowest BCUT2D eigenvalue weighted by Gasteiger charge is -2.38. The number of hydrogen-bond donors (Lipinski definition) is 1. The summed E-state index contributed by atoms with van der Waals surface area (Å²) >= 11 is 0. The molecule has 0 bridgehead atoms. The van der Waals surface area contributed by atoms with Crippen molar-refractivity contribution in [2.75, 3.05) is 26.2 Å². The highest BCUT2D eigenvalue weighted by atomic mass is 35.5. The van der Waals surface area contributed by atoms with Crippen molar-refractivity contribution >= 4 is 24.3 Å². The Morgan fingerprint density at radius 1 is 1.09 bits per heavy atom. The van der Waals surface area contributed by atoms with Crippen molar-refractivity contribution in [3.63, 3.8) is 0 Å². The summed E-state index contributed by atoms with van der Waals surface area (Å²) in [6.45, 7) is 4.62. The van der Waals surface area contributed by atoms with Crippen LogP contribution < -0.4 is 0 Å². The van der Waals surface area contributed by atoms with Crippen LogP contribution in [0.5, 0.6) is 0 Å². The van der Waals surface area contributed by atoms with Gasteiger partial charge in [0.1, 0.15) is 6.04 Å². The number of nitrogens with zero attached hydrogens (tertiary/aromatic N) is 2. The van der Waals surface area contributed by atoms with E-state index in [0.717, 1.165) is 0 Å². The summed E-state index contributed by atoms with van der Waals surface area (Å²) in [6, 6.07) is -0.402. The van der Waals surface area contributed by atoms with E-state index in [1.807, 2.05) is 16.7 Å². The van der Waals surface area contributed by atoms with Gasteiger partial charge in [-0.3, -0.25) is 14.5 Å². The van der Waals surface area contributed by atoms with Gasteiger partial charge >= 0.3 is 5.97 Å². The minimum atomic E-state index is -0.750. The van der Waals surface area contributed by atoms with Crippen LogP contribution in [0.25, 0.3) is 0 Å². The number of carboxylic acid groups (broad SMARTS) is 1. The van der Waals surface area contributed by atoms with Gasteiger partial charge in [-0.1, -0.05) is 26.2 Å². The Hall–Kier alpha value is -0.810. The van der Waals surface area contributed by atoms with E-state index < -0.39 is 12.0 Å². The van der Waals surface area contributed by atoms with Gasteiger partial charge in [-0.25, -0.2) is 0 Å². The van der Waals surface area contributed by atoms with Crippen molar-refractivity contribution in [2.45, 2.75) is 57.9 Å². The number of carbonyl (C=O) groups is 2. The normalized spacial score (nSPS) is 22.0. The van der Waals surface area contributed by atoms with Crippen LogP contribution in [0, 0.1) is 5.92 Å². The molecule has 5 nitrogen and oxygen atoms in total. The summed E-state index contributed by atoms with van der Waals surface area (Å²) in [4.78, 5) is 27.4. The third kappa shape index (κ3) is 5.13. The highest BCUT2D eigenvalue weighted by Gasteiger charge is 2.29. The third-order valence-corrected chi connectivity index (χ3v) is 4.97. The molecule has 128 valence electrons. The van der Waals surface area contributed by atoms with E-state index in [1.165, 1.54) is 32.1 Å². The Labute approximate surface area is 139 Å². The standard InChI is InChI=1S/C16H28N2O3.ClH/c1-2-14(16(20)21)17-8-10-18(11-9-17)15(19)12-13-6-4-3-5-7-13;/h13-14H,2-12H2,1H3,(H,20,21);1H. The van der Waals surface area contributed by atoms with E-state index >= 15 is 0 Å². The van der Waals surface area contributed by atoms with E-state index in [1.54, 1.807) is 0 Å². The molecule has 1 saturated heterocycles. The van der Waals surface area contributed by atoms with Crippen LogP contribution in [-0.2, 0) is 9.59 Å². The molecule has 1 saturated carbocycles. The zero-order chi connectivity index (χ0) is 15.2. The zero-order valence-corrected chi connectivity index (χ0v) is 14.3. The molecule has 6 heteroatoms. The number of aliphatic carboxylic acids is 1. The molecule has 22 heavy (non-hydrogen) atoms. The monoisotopic (exact) mass is 332 g/mol. The highest BCUT2D eigenvalue weighted by molar-refractivity contribution is 5.85. The van der Waals surface area contributed by atoms with Gasteiger partial charge < -0.3 is 10.0 Å². The molecule has 1 heterocycles. The molecule has 1 aliphatic heterocycles. The molecule has 1 atom stereocenters. The topological polar surface area (TPSA) is 60.9 Å². The van der Waals surface area contributed by atoms with Gasteiger partial charge in [0, 0.05) is 32.6 Å². The van der Waals surface area contributed by atoms with Gasteiger partial charge in [-0.05, 0) is 25.2 Å². The molecule has 0 radical (unpaired) electrons. The minimum Gasteiger partial charge on any atom is -0.480 e. The van der Waals surface area contributed by atoms with E-state index in [4.69, 9.17) is 0 Å². The molecule has 1 amide bonds. The summed E-state index contributed by atoms with van der Waals surface area (Å²) in [7, 11) is 0. The SMILES string of the molecule is CCC(C(=O)O)N1CCN(C(=O)CC2CCCCC2)CC1.Cl. The maximum absolute atomic E-state index is 12.3. The minimum absolute atomic E-state index is 0. The van der Waals surface area contributed by atoms with E-state index in [-0.39, 0.29) is 18.3 Å². The van der Waals surface area contributed by atoms with Gasteiger partial charge in [0.05, 0.1) is 0 Å². The van der Waals surface area contributed by atoms with Gasteiger partial charge in [-0.2, -0.15) is 0 Å². The summed E-state index contributed by atoms with van der Waals surface area (Å²) in [5.41, 5.74) is 0. The molecule has 1 aliphatic carbocycles. The largest absolute Gasteiger partial charge is 0.480 e. The Morgan fingerprint density at radius 3 is 2.18 bits per heavy atom. The van der Waals surface area contributed by atoms with Crippen molar-refractivity contribution in [3.8, 4) is 0 Å². The lowest BCUT2D eigenvalue weighted by atomic mass is 9.86. The number of carbonyl (C=O) groups excluding carboxylic acids is 1. The van der Waals surface area contributed by atoms with E-state index in [2.05, 4.69) is 0 Å². The first-order chi connectivity index (χ1) is 10.1. The Bertz CT molecular complexity index is 364. The first-order valence-corrected chi connectivity index (χ1v) is 8.36. The Balaban J connectivity index is 0.00000242. The fraction of sp³-hybridized carbons (Fsp3) is 0.875. The Morgan fingerprint density at radius 2 is 1.68 bits per heavy atom. The van der Waals surface area contributed by atoms with Crippen molar-refractivity contribution in [1.82, 2.24) is 9.80 Å². The predicted molar refractivity (Wildman–Crippen MR) is 88.3 cm³/mol. The number of rotatable bonds is 5. The second-order valence-corrected chi connectivity index (χ2v) is 6.39. The van der Waals surface area contributed by atoms with Gasteiger partial charge in [0.15, 0.2) is 0 Å². The maximum Gasteiger partial charge on any atom is 0.320 e. The van der Waals surface area contributed by atoms with Crippen LogP contribution in [0.2, 0.25) is 0 Å². The lowest BCUT2D eigenvalue weighted by molar-refractivity contribution is -0.145. The molecule has 2 rings (SSSR count). The fourth-order valence-corrected chi connectivity index (χ4v) is 3.64. The van der Waals surface area contributed by atoms with Gasteiger partial charge in [0.2, 0.25) is 5.91 Å². The number of piperazine rings is 1. The maximum atomic E-state index is 12.3. The summed E-state index contributed by atoms with van der Waals surface area (Å²) < 4.78 is 0. The zero-order valence-electron chi connectivity index (χ0n) is 13.5. The van der Waals surface area contributed by atoms with Crippen LogP contribution in [0.4, 0.5) is 0 Å². The second-order valence-electron chi connectivity index (χ2n) is 6.39. The van der Waals surface area contributed by atoms with Crippen LogP contribution in [0.1, 0.15) is 51.9 Å². The molecule has 0 aromatic rings. The molecular formula is C16H29ClN2O3. The molecule has 1 N–H and O–H groups in total. The first-order valence-electron chi connectivity index (χ1n) is 8.36. The average molecular weight is 333 g/mol. The first kappa shape index (κ1) is 19.2. The van der Waals surface area contributed by atoms with Crippen LogP contribution in [-0.4, -0.2) is 59.0 Å². The fourth-order valence-electron chi connectivity index (χ4n) is 3.64. The van der Waals surface area contributed by atoms with Gasteiger partial charge in [0.25, 0.3) is 0 Å².